The molecule has 2 amide bonds. The van der Waals surface area contributed by atoms with E-state index in [1.165, 1.54) is 17.0 Å². The first-order valence-corrected chi connectivity index (χ1v) is 17.8. The fraction of sp³-hybridized carbons (Fsp3) is 0.297. The van der Waals surface area contributed by atoms with Crippen molar-refractivity contribution in [2.75, 3.05) is 17.5 Å². The highest BCUT2D eigenvalue weighted by Gasteiger charge is 2.36. The van der Waals surface area contributed by atoms with Gasteiger partial charge in [0.2, 0.25) is 11.8 Å². The molecule has 4 aromatic rings. The second-order valence-electron chi connectivity index (χ2n) is 11.5. The number of carbonyl (C=O) groups is 2. The van der Waals surface area contributed by atoms with Crippen molar-refractivity contribution in [1.82, 2.24) is 10.2 Å². The summed E-state index contributed by atoms with van der Waals surface area (Å²) >= 11 is 6.60. The smallest absolute Gasteiger partial charge is 0.264 e. The molecule has 1 aliphatic rings. The van der Waals surface area contributed by atoms with Crippen molar-refractivity contribution in [1.29, 1.82) is 0 Å². The molecule has 1 unspecified atom stereocenters. The standard InChI is InChI=1S/C37H40ClN3O5S/c1-2-46-35-24-14-13-23-33(35)41(47(44,45)31-20-7-4-8-21-31)27-36(42)40(26-29-17-9-12-22-32(29)38)34(25-28-15-5-3-6-16-28)37(43)39-30-18-10-11-19-30/h3-9,12-17,20-24,30,34H,2,10-11,18-19,25-27H2,1H3,(H,39,43). The van der Waals surface area contributed by atoms with E-state index >= 15 is 0 Å². The monoisotopic (exact) mass is 673 g/mol. The van der Waals surface area contributed by atoms with Gasteiger partial charge in [-0.25, -0.2) is 8.42 Å². The summed E-state index contributed by atoms with van der Waals surface area (Å²) in [6, 6.07) is 30.4. The number of hydrogen-bond donors (Lipinski definition) is 1. The van der Waals surface area contributed by atoms with Crippen molar-refractivity contribution in [3.63, 3.8) is 0 Å². The Morgan fingerprint density at radius 3 is 2.17 bits per heavy atom. The number of carbonyl (C=O) groups excluding carboxylic acids is 2. The number of anilines is 1. The molecule has 0 heterocycles. The van der Waals surface area contributed by atoms with Crippen molar-refractivity contribution in [2.24, 2.45) is 0 Å². The van der Waals surface area contributed by atoms with Gasteiger partial charge in [0.25, 0.3) is 10.0 Å². The van der Waals surface area contributed by atoms with Gasteiger partial charge in [0, 0.05) is 24.0 Å². The topological polar surface area (TPSA) is 96.0 Å². The zero-order valence-corrected chi connectivity index (χ0v) is 28.0. The van der Waals surface area contributed by atoms with Crippen LogP contribution in [0.4, 0.5) is 5.69 Å². The summed E-state index contributed by atoms with van der Waals surface area (Å²) < 4.78 is 35.5. The third kappa shape index (κ3) is 8.53. The number of amides is 2. The Hall–Kier alpha value is -4.34. The van der Waals surface area contributed by atoms with Gasteiger partial charge in [0.15, 0.2) is 0 Å². The molecule has 47 heavy (non-hydrogen) atoms. The van der Waals surface area contributed by atoms with Gasteiger partial charge in [-0.2, -0.15) is 0 Å². The zero-order valence-electron chi connectivity index (χ0n) is 26.4. The molecule has 246 valence electrons. The second kappa shape index (κ2) is 16.0. The Balaban J connectivity index is 1.59. The van der Waals surface area contributed by atoms with Crippen LogP contribution in [-0.4, -0.2) is 50.4 Å². The molecule has 8 nitrogen and oxygen atoms in total. The number of halogens is 1. The van der Waals surface area contributed by atoms with E-state index in [2.05, 4.69) is 5.32 Å². The van der Waals surface area contributed by atoms with Crippen LogP contribution in [0.15, 0.2) is 114 Å². The maximum absolute atomic E-state index is 14.7. The lowest BCUT2D eigenvalue weighted by atomic mass is 10.0. The summed E-state index contributed by atoms with van der Waals surface area (Å²) in [6.45, 7) is 1.53. The van der Waals surface area contributed by atoms with Crippen LogP contribution in [0.5, 0.6) is 5.75 Å². The summed E-state index contributed by atoms with van der Waals surface area (Å²) in [5.74, 6) is -0.522. The average molecular weight is 674 g/mol. The van der Waals surface area contributed by atoms with Crippen LogP contribution in [0, 0.1) is 0 Å². The number of nitrogens with zero attached hydrogens (tertiary/aromatic N) is 2. The number of sulfonamides is 1. The number of benzene rings is 4. The van der Waals surface area contributed by atoms with Crippen molar-refractivity contribution in [2.45, 2.75) is 62.6 Å². The van der Waals surface area contributed by atoms with Crippen molar-refractivity contribution in [3.05, 3.63) is 125 Å². The van der Waals surface area contributed by atoms with Crippen LogP contribution in [0.25, 0.3) is 0 Å². The molecular weight excluding hydrogens is 634 g/mol. The minimum atomic E-state index is -4.25. The third-order valence-corrected chi connectivity index (χ3v) is 10.5. The van der Waals surface area contributed by atoms with Crippen LogP contribution < -0.4 is 14.4 Å². The lowest BCUT2D eigenvalue weighted by Crippen LogP contribution is -2.54. The van der Waals surface area contributed by atoms with Crippen LogP contribution >= 0.6 is 11.6 Å². The SMILES string of the molecule is CCOc1ccccc1N(CC(=O)N(Cc1ccccc1Cl)C(Cc1ccccc1)C(=O)NC1CCCC1)S(=O)(=O)c1ccccc1. The molecule has 1 atom stereocenters. The Labute approximate surface area is 282 Å². The highest BCUT2D eigenvalue weighted by atomic mass is 35.5. The van der Waals surface area contributed by atoms with Crippen LogP contribution in [0.2, 0.25) is 5.02 Å². The number of para-hydroxylation sites is 2. The van der Waals surface area contributed by atoms with Crippen LogP contribution in [0.1, 0.15) is 43.7 Å². The third-order valence-electron chi connectivity index (χ3n) is 8.32. The van der Waals surface area contributed by atoms with E-state index in [9.17, 15) is 18.0 Å². The Kier molecular flexibility index (Phi) is 11.6. The largest absolute Gasteiger partial charge is 0.492 e. The number of nitrogens with one attached hydrogen (secondary N) is 1. The minimum absolute atomic E-state index is 0.000422. The fourth-order valence-electron chi connectivity index (χ4n) is 5.91. The quantitative estimate of drug-likeness (QED) is 0.162. The molecule has 0 bridgehead atoms. The summed E-state index contributed by atoms with van der Waals surface area (Å²) in [6.07, 6.45) is 4.04. The van der Waals surface area contributed by atoms with E-state index in [1.54, 1.807) is 67.6 Å². The molecule has 1 aliphatic carbocycles. The lowest BCUT2D eigenvalue weighted by Gasteiger charge is -2.34. The predicted molar refractivity (Wildman–Crippen MR) is 185 cm³/mol. The Morgan fingerprint density at radius 2 is 1.49 bits per heavy atom. The molecule has 0 radical (unpaired) electrons. The van der Waals surface area contributed by atoms with Gasteiger partial charge in [0.1, 0.15) is 18.3 Å². The highest BCUT2D eigenvalue weighted by molar-refractivity contribution is 7.92. The minimum Gasteiger partial charge on any atom is -0.492 e. The summed E-state index contributed by atoms with van der Waals surface area (Å²) in [4.78, 5) is 30.4. The molecule has 0 saturated heterocycles. The van der Waals surface area contributed by atoms with Crippen LogP contribution in [0.3, 0.4) is 0 Å². The normalized spacial score (nSPS) is 13.9. The van der Waals surface area contributed by atoms with E-state index in [-0.39, 0.29) is 35.5 Å². The molecule has 1 saturated carbocycles. The molecule has 10 heteroatoms. The maximum Gasteiger partial charge on any atom is 0.264 e. The summed E-state index contributed by atoms with van der Waals surface area (Å²) in [5, 5.41) is 3.62. The molecule has 0 aliphatic heterocycles. The molecule has 4 aromatic carbocycles. The van der Waals surface area contributed by atoms with E-state index in [1.807, 2.05) is 36.4 Å². The molecule has 1 N–H and O–H groups in total. The molecule has 1 fully saturated rings. The highest BCUT2D eigenvalue weighted by Crippen LogP contribution is 2.33. The predicted octanol–water partition coefficient (Wildman–Crippen LogP) is 6.63. The van der Waals surface area contributed by atoms with Crippen LogP contribution in [-0.2, 0) is 32.6 Å². The van der Waals surface area contributed by atoms with Crippen molar-refractivity contribution >= 4 is 39.1 Å². The molecule has 0 aromatic heterocycles. The first-order valence-electron chi connectivity index (χ1n) is 15.9. The molecule has 5 rings (SSSR count). The number of rotatable bonds is 14. The Morgan fingerprint density at radius 1 is 0.872 bits per heavy atom. The summed E-state index contributed by atoms with van der Waals surface area (Å²) in [7, 11) is -4.25. The zero-order chi connectivity index (χ0) is 33.2. The van der Waals surface area contributed by atoms with E-state index in [4.69, 9.17) is 16.3 Å². The number of hydrogen-bond acceptors (Lipinski definition) is 5. The van der Waals surface area contributed by atoms with E-state index in [0.29, 0.717) is 22.9 Å². The van der Waals surface area contributed by atoms with Gasteiger partial charge >= 0.3 is 0 Å². The Bertz CT molecular complexity index is 1750. The first kappa shape index (κ1) is 34.0. The molecular formula is C37H40ClN3O5S. The van der Waals surface area contributed by atoms with E-state index in [0.717, 1.165) is 35.6 Å². The maximum atomic E-state index is 14.7. The fourth-order valence-corrected chi connectivity index (χ4v) is 7.55. The van der Waals surface area contributed by atoms with Gasteiger partial charge in [0.05, 0.1) is 17.2 Å². The van der Waals surface area contributed by atoms with Gasteiger partial charge in [-0.15, -0.1) is 0 Å². The summed E-state index contributed by atoms with van der Waals surface area (Å²) in [5.41, 5.74) is 1.73. The first-order chi connectivity index (χ1) is 22.8. The van der Waals surface area contributed by atoms with Gasteiger partial charge in [-0.3, -0.25) is 13.9 Å². The van der Waals surface area contributed by atoms with Crippen molar-refractivity contribution in [3.8, 4) is 5.75 Å². The molecule has 0 spiro atoms. The second-order valence-corrected chi connectivity index (χ2v) is 13.8. The van der Waals surface area contributed by atoms with Gasteiger partial charge in [-0.1, -0.05) is 103 Å². The average Bonchev–Trinajstić information content (AvgIpc) is 3.60. The van der Waals surface area contributed by atoms with Crippen molar-refractivity contribution < 1.29 is 22.7 Å². The van der Waals surface area contributed by atoms with Gasteiger partial charge in [-0.05, 0) is 61.2 Å². The van der Waals surface area contributed by atoms with E-state index < -0.39 is 28.5 Å². The number of ether oxygens (including phenoxy) is 1. The van der Waals surface area contributed by atoms with Gasteiger partial charge < -0.3 is 15.0 Å². The lowest BCUT2D eigenvalue weighted by molar-refractivity contribution is -0.140.